The van der Waals surface area contributed by atoms with Gasteiger partial charge in [-0.25, -0.2) is 4.79 Å². The van der Waals surface area contributed by atoms with Crippen LogP contribution in [0.2, 0.25) is 0 Å². The van der Waals surface area contributed by atoms with E-state index in [0.29, 0.717) is 12.2 Å². The van der Waals surface area contributed by atoms with Crippen molar-refractivity contribution < 1.29 is 19.7 Å². The number of ether oxygens (including phenoxy) is 1. The smallest absolute Gasteiger partial charge is 0.335 e. The van der Waals surface area contributed by atoms with Crippen molar-refractivity contribution in [1.29, 1.82) is 0 Å². The highest BCUT2D eigenvalue weighted by Crippen LogP contribution is 2.33. The van der Waals surface area contributed by atoms with Crippen molar-refractivity contribution >= 4 is 5.97 Å². The van der Waals surface area contributed by atoms with Crippen LogP contribution in [0.25, 0.3) is 0 Å². The van der Waals surface area contributed by atoms with Crippen LogP contribution in [0, 0.1) is 5.41 Å². The van der Waals surface area contributed by atoms with Crippen LogP contribution in [0.15, 0.2) is 24.3 Å². The van der Waals surface area contributed by atoms with Gasteiger partial charge in [0.15, 0.2) is 0 Å². The Bertz CT molecular complexity index is 488. The first kappa shape index (κ1) is 16.9. The lowest BCUT2D eigenvalue weighted by Gasteiger charge is -2.42. The molecule has 0 unspecified atom stereocenters. The number of carboxylic acid groups (broad SMARTS) is 1. The standard InChI is InChI=1S/C17H25NO4/c1-22-10-8-17(13-19)7-2-9-18(12-17)11-14-3-5-15(6-4-14)16(20)21/h3-6,19H,2,7-13H2,1H3,(H,20,21)/t17-/m0/s1. The van der Waals surface area contributed by atoms with E-state index in [4.69, 9.17) is 9.84 Å². The minimum absolute atomic E-state index is 0.0741. The first-order valence-electron chi connectivity index (χ1n) is 7.73. The molecule has 1 saturated heterocycles. The third kappa shape index (κ3) is 4.29. The molecule has 1 atom stereocenters. The third-order valence-electron chi connectivity index (χ3n) is 4.52. The van der Waals surface area contributed by atoms with Crippen molar-refractivity contribution in [2.24, 2.45) is 5.41 Å². The van der Waals surface area contributed by atoms with Crippen molar-refractivity contribution in [1.82, 2.24) is 4.90 Å². The molecule has 0 aliphatic carbocycles. The first-order chi connectivity index (χ1) is 10.6. The summed E-state index contributed by atoms with van der Waals surface area (Å²) in [5, 5.41) is 18.7. The first-order valence-corrected chi connectivity index (χ1v) is 7.73. The van der Waals surface area contributed by atoms with Crippen LogP contribution in [0.1, 0.15) is 35.2 Å². The summed E-state index contributed by atoms with van der Waals surface area (Å²) in [5.74, 6) is -0.900. The Kier molecular flexibility index (Phi) is 5.94. The Morgan fingerprint density at radius 1 is 1.36 bits per heavy atom. The summed E-state index contributed by atoms with van der Waals surface area (Å²) in [7, 11) is 1.69. The Morgan fingerprint density at radius 2 is 2.09 bits per heavy atom. The van der Waals surface area contributed by atoms with Crippen LogP contribution in [-0.2, 0) is 11.3 Å². The van der Waals surface area contributed by atoms with Gasteiger partial charge in [-0.1, -0.05) is 12.1 Å². The van der Waals surface area contributed by atoms with Gasteiger partial charge in [0.05, 0.1) is 12.2 Å². The topological polar surface area (TPSA) is 70.0 Å². The number of methoxy groups -OCH3 is 1. The number of nitrogens with zero attached hydrogens (tertiary/aromatic N) is 1. The van der Waals surface area contributed by atoms with Crippen LogP contribution >= 0.6 is 0 Å². The van der Waals surface area contributed by atoms with Crippen molar-refractivity contribution in [2.75, 3.05) is 33.4 Å². The summed E-state index contributed by atoms with van der Waals surface area (Å²) in [6.45, 7) is 3.50. The molecule has 5 heteroatoms. The Morgan fingerprint density at radius 3 is 2.68 bits per heavy atom. The Labute approximate surface area is 131 Å². The lowest BCUT2D eigenvalue weighted by atomic mass is 9.78. The van der Waals surface area contributed by atoms with Crippen LogP contribution in [0.5, 0.6) is 0 Å². The van der Waals surface area contributed by atoms with E-state index in [1.54, 1.807) is 19.2 Å². The number of hydrogen-bond acceptors (Lipinski definition) is 4. The van der Waals surface area contributed by atoms with E-state index < -0.39 is 5.97 Å². The number of aliphatic hydroxyl groups excluding tert-OH is 1. The fraction of sp³-hybridized carbons (Fsp3) is 0.588. The van der Waals surface area contributed by atoms with Gasteiger partial charge in [-0.05, 0) is 43.5 Å². The number of hydrogen-bond donors (Lipinski definition) is 2. The zero-order valence-electron chi connectivity index (χ0n) is 13.1. The number of benzene rings is 1. The molecule has 1 aromatic carbocycles. The number of carbonyl (C=O) groups is 1. The van der Waals surface area contributed by atoms with Crippen molar-refractivity contribution in [3.63, 3.8) is 0 Å². The Balaban J connectivity index is 1.98. The average Bonchev–Trinajstić information content (AvgIpc) is 2.54. The predicted octanol–water partition coefficient (Wildman–Crippen LogP) is 2.00. The largest absolute Gasteiger partial charge is 0.478 e. The molecule has 0 bridgehead atoms. The number of carboxylic acids is 1. The zero-order chi connectivity index (χ0) is 16.0. The summed E-state index contributed by atoms with van der Waals surface area (Å²) in [5.41, 5.74) is 1.34. The highest BCUT2D eigenvalue weighted by atomic mass is 16.5. The molecule has 1 aliphatic heterocycles. The number of rotatable bonds is 7. The molecule has 1 fully saturated rings. The molecule has 0 saturated carbocycles. The lowest BCUT2D eigenvalue weighted by Crippen LogP contribution is -2.45. The minimum atomic E-state index is -0.900. The second-order valence-electron chi connectivity index (χ2n) is 6.22. The van der Waals surface area contributed by atoms with Gasteiger partial charge in [0.2, 0.25) is 0 Å². The van der Waals surface area contributed by atoms with Crippen LogP contribution in [-0.4, -0.2) is 54.5 Å². The molecule has 122 valence electrons. The minimum Gasteiger partial charge on any atom is -0.478 e. The van der Waals surface area contributed by atoms with Gasteiger partial charge in [0, 0.05) is 32.2 Å². The molecule has 5 nitrogen and oxygen atoms in total. The van der Waals surface area contributed by atoms with Gasteiger partial charge >= 0.3 is 5.97 Å². The summed E-state index contributed by atoms with van der Waals surface area (Å²) in [4.78, 5) is 13.2. The molecular formula is C17H25NO4. The van der Waals surface area contributed by atoms with Crippen LogP contribution in [0.4, 0.5) is 0 Å². The van der Waals surface area contributed by atoms with E-state index in [9.17, 15) is 9.90 Å². The van der Waals surface area contributed by atoms with Gasteiger partial charge < -0.3 is 14.9 Å². The average molecular weight is 307 g/mol. The van der Waals surface area contributed by atoms with Crippen molar-refractivity contribution in [2.45, 2.75) is 25.8 Å². The summed E-state index contributed by atoms with van der Waals surface area (Å²) in [6.07, 6.45) is 2.97. The van der Waals surface area contributed by atoms with Gasteiger partial charge in [0.1, 0.15) is 0 Å². The highest BCUT2D eigenvalue weighted by Gasteiger charge is 2.34. The SMILES string of the molecule is COCC[C@@]1(CO)CCCN(Cc2ccc(C(=O)O)cc2)C1. The number of aliphatic hydroxyl groups is 1. The normalized spacial score (nSPS) is 22.6. The molecular weight excluding hydrogens is 282 g/mol. The Hall–Kier alpha value is -1.43. The van der Waals surface area contributed by atoms with Crippen LogP contribution in [0.3, 0.4) is 0 Å². The highest BCUT2D eigenvalue weighted by molar-refractivity contribution is 5.87. The second kappa shape index (κ2) is 7.72. The molecule has 0 aromatic heterocycles. The van der Waals surface area contributed by atoms with E-state index in [1.165, 1.54) is 0 Å². The second-order valence-corrected chi connectivity index (χ2v) is 6.22. The summed E-state index contributed by atoms with van der Waals surface area (Å²) >= 11 is 0. The van der Waals surface area contributed by atoms with E-state index in [2.05, 4.69) is 4.90 Å². The molecule has 2 N–H and O–H groups in total. The molecule has 0 spiro atoms. The zero-order valence-corrected chi connectivity index (χ0v) is 13.1. The van der Waals surface area contributed by atoms with Gasteiger partial charge in [0.25, 0.3) is 0 Å². The van der Waals surface area contributed by atoms with E-state index in [1.807, 2.05) is 12.1 Å². The summed E-state index contributed by atoms with van der Waals surface area (Å²) in [6, 6.07) is 7.03. The van der Waals surface area contributed by atoms with Crippen LogP contribution < -0.4 is 0 Å². The summed E-state index contributed by atoms with van der Waals surface area (Å²) < 4.78 is 5.18. The van der Waals surface area contributed by atoms with Crippen molar-refractivity contribution in [3.05, 3.63) is 35.4 Å². The quantitative estimate of drug-likeness (QED) is 0.806. The van der Waals surface area contributed by atoms with Gasteiger partial charge in [-0.15, -0.1) is 0 Å². The lowest BCUT2D eigenvalue weighted by molar-refractivity contribution is 0.00476. The van der Waals surface area contributed by atoms with E-state index in [0.717, 1.165) is 44.5 Å². The maximum atomic E-state index is 10.9. The molecule has 0 amide bonds. The number of aromatic carboxylic acids is 1. The van der Waals surface area contributed by atoms with E-state index in [-0.39, 0.29) is 12.0 Å². The molecule has 2 rings (SSSR count). The number of likely N-dealkylation sites (tertiary alicyclic amines) is 1. The predicted molar refractivity (Wildman–Crippen MR) is 83.9 cm³/mol. The van der Waals surface area contributed by atoms with Gasteiger partial charge in [-0.2, -0.15) is 0 Å². The molecule has 1 heterocycles. The number of piperidine rings is 1. The fourth-order valence-corrected chi connectivity index (χ4v) is 3.19. The monoisotopic (exact) mass is 307 g/mol. The molecule has 1 aliphatic rings. The van der Waals surface area contributed by atoms with Crippen molar-refractivity contribution in [3.8, 4) is 0 Å². The third-order valence-corrected chi connectivity index (χ3v) is 4.52. The molecule has 22 heavy (non-hydrogen) atoms. The van der Waals surface area contributed by atoms with Gasteiger partial charge in [-0.3, -0.25) is 4.90 Å². The maximum absolute atomic E-state index is 10.9. The molecule has 1 aromatic rings. The fourth-order valence-electron chi connectivity index (χ4n) is 3.19. The molecule has 0 radical (unpaired) electrons. The maximum Gasteiger partial charge on any atom is 0.335 e. The van der Waals surface area contributed by atoms with E-state index >= 15 is 0 Å².